The standard InChI is InChI=1S/C20H20F2N4O3/c1-11-5-17(28-3)18(29-4)8-16(11)24-20-25-19(27)9-23-26(20)10-13-6-14(21)12(2)15(22)7-13/h5-9H,10H2,1-4H3,(H,24,25,27). The van der Waals surface area contributed by atoms with Gasteiger partial charge in [-0.1, -0.05) is 0 Å². The van der Waals surface area contributed by atoms with Crippen molar-refractivity contribution >= 4 is 11.6 Å². The Balaban J connectivity index is 1.99. The topological polar surface area (TPSA) is 78.3 Å². The van der Waals surface area contributed by atoms with Gasteiger partial charge >= 0.3 is 0 Å². The first-order chi connectivity index (χ1) is 13.8. The summed E-state index contributed by atoms with van der Waals surface area (Å²) in [6, 6.07) is 5.92. The van der Waals surface area contributed by atoms with Crippen LogP contribution in [0.25, 0.3) is 0 Å². The van der Waals surface area contributed by atoms with E-state index in [2.05, 4.69) is 15.4 Å². The zero-order valence-electron chi connectivity index (χ0n) is 16.4. The third-order valence-corrected chi connectivity index (χ3v) is 4.42. The van der Waals surface area contributed by atoms with Gasteiger partial charge in [-0.15, -0.1) is 0 Å². The van der Waals surface area contributed by atoms with E-state index in [4.69, 9.17) is 9.47 Å². The van der Waals surface area contributed by atoms with Gasteiger partial charge in [-0.05, 0) is 43.2 Å². The highest BCUT2D eigenvalue weighted by atomic mass is 19.1. The maximum atomic E-state index is 13.9. The molecule has 7 nitrogen and oxygen atoms in total. The van der Waals surface area contributed by atoms with Gasteiger partial charge in [-0.2, -0.15) is 10.1 Å². The number of benzene rings is 2. The molecular formula is C20H20F2N4O3. The third kappa shape index (κ3) is 4.34. The summed E-state index contributed by atoms with van der Waals surface area (Å²) in [5.41, 5.74) is 1.15. The van der Waals surface area contributed by atoms with Gasteiger partial charge in [0.05, 0.1) is 20.8 Å². The number of ether oxygens (including phenoxy) is 2. The fraction of sp³-hybridized carbons (Fsp3) is 0.250. The molecule has 29 heavy (non-hydrogen) atoms. The highest BCUT2D eigenvalue weighted by molar-refractivity contribution is 5.64. The average Bonchev–Trinajstić information content (AvgIpc) is 2.69. The van der Waals surface area contributed by atoms with Gasteiger partial charge in [-0.25, -0.2) is 13.5 Å². The number of halogens is 2. The van der Waals surface area contributed by atoms with Crippen molar-refractivity contribution in [2.24, 2.45) is 0 Å². The summed E-state index contributed by atoms with van der Waals surface area (Å²) in [6.07, 6.45) is 1.04. The molecule has 0 saturated heterocycles. The van der Waals surface area contributed by atoms with Crippen LogP contribution in [0.3, 0.4) is 0 Å². The summed E-state index contributed by atoms with van der Waals surface area (Å²) in [5.74, 6) is -0.147. The van der Waals surface area contributed by atoms with Crippen LogP contribution in [0.1, 0.15) is 16.7 Å². The molecule has 0 unspecified atom stereocenters. The van der Waals surface area contributed by atoms with Gasteiger partial charge in [0.1, 0.15) is 17.8 Å². The molecule has 0 aliphatic rings. The SMILES string of the molecule is COc1cc(C)c(Nc2nc(=O)cnn2Cc2cc(F)c(C)c(F)c2)cc1OC. The predicted molar refractivity (Wildman–Crippen MR) is 104 cm³/mol. The Kier molecular flexibility index (Phi) is 5.76. The first kappa shape index (κ1) is 20.2. The number of aromatic nitrogens is 3. The van der Waals surface area contributed by atoms with Gasteiger partial charge in [0, 0.05) is 17.3 Å². The number of rotatable bonds is 6. The minimum absolute atomic E-state index is 0.00999. The summed E-state index contributed by atoms with van der Waals surface area (Å²) in [4.78, 5) is 15.7. The molecule has 0 spiro atoms. The van der Waals surface area contributed by atoms with Crippen LogP contribution in [0.15, 0.2) is 35.3 Å². The van der Waals surface area contributed by atoms with Gasteiger partial charge < -0.3 is 14.8 Å². The van der Waals surface area contributed by atoms with Gasteiger partial charge in [0.25, 0.3) is 5.56 Å². The molecule has 1 aromatic heterocycles. The van der Waals surface area contributed by atoms with Crippen molar-refractivity contribution in [2.45, 2.75) is 20.4 Å². The van der Waals surface area contributed by atoms with Crippen LogP contribution >= 0.6 is 0 Å². The molecule has 0 aliphatic carbocycles. The maximum absolute atomic E-state index is 13.9. The third-order valence-electron chi connectivity index (χ3n) is 4.42. The minimum Gasteiger partial charge on any atom is -0.493 e. The number of anilines is 2. The van der Waals surface area contributed by atoms with Crippen molar-refractivity contribution in [1.29, 1.82) is 0 Å². The Hall–Kier alpha value is -3.49. The lowest BCUT2D eigenvalue weighted by molar-refractivity contribution is 0.355. The molecule has 0 bridgehead atoms. The fourth-order valence-corrected chi connectivity index (χ4v) is 2.77. The van der Waals surface area contributed by atoms with E-state index in [1.165, 1.54) is 38.0 Å². The summed E-state index contributed by atoms with van der Waals surface area (Å²) in [7, 11) is 3.04. The summed E-state index contributed by atoms with van der Waals surface area (Å²) in [6.45, 7) is 3.21. The van der Waals surface area contributed by atoms with Crippen LogP contribution in [0, 0.1) is 25.5 Å². The van der Waals surface area contributed by atoms with Gasteiger partial charge in [-0.3, -0.25) is 4.79 Å². The van der Waals surface area contributed by atoms with Crippen LogP contribution in [0.4, 0.5) is 20.4 Å². The summed E-state index contributed by atoms with van der Waals surface area (Å²) >= 11 is 0. The quantitative estimate of drug-likeness (QED) is 0.681. The number of nitrogens with one attached hydrogen (secondary N) is 1. The normalized spacial score (nSPS) is 10.7. The first-order valence-electron chi connectivity index (χ1n) is 8.70. The fourth-order valence-electron chi connectivity index (χ4n) is 2.77. The largest absolute Gasteiger partial charge is 0.493 e. The molecule has 0 saturated carbocycles. The first-order valence-corrected chi connectivity index (χ1v) is 8.70. The molecule has 2 aromatic carbocycles. The van der Waals surface area contributed by atoms with Crippen molar-refractivity contribution in [3.63, 3.8) is 0 Å². The lowest BCUT2D eigenvalue weighted by Gasteiger charge is -2.16. The predicted octanol–water partition coefficient (Wildman–Crippen LogP) is 3.34. The molecule has 0 amide bonds. The van der Waals surface area contributed by atoms with Crippen molar-refractivity contribution < 1.29 is 18.3 Å². The molecule has 0 fully saturated rings. The molecule has 1 heterocycles. The highest BCUT2D eigenvalue weighted by Crippen LogP contribution is 2.33. The second kappa shape index (κ2) is 8.26. The lowest BCUT2D eigenvalue weighted by atomic mass is 10.1. The van der Waals surface area contributed by atoms with Crippen LogP contribution in [0.2, 0.25) is 0 Å². The molecular weight excluding hydrogens is 382 g/mol. The second-order valence-electron chi connectivity index (χ2n) is 6.41. The molecule has 3 aromatic rings. The molecule has 9 heteroatoms. The van der Waals surface area contributed by atoms with Gasteiger partial charge in [0.2, 0.25) is 5.95 Å². The lowest BCUT2D eigenvalue weighted by Crippen LogP contribution is -2.19. The van der Waals surface area contributed by atoms with Crippen LogP contribution in [0.5, 0.6) is 11.5 Å². The zero-order valence-corrected chi connectivity index (χ0v) is 16.4. The summed E-state index contributed by atoms with van der Waals surface area (Å²) in [5, 5.41) is 7.07. The number of hydrogen-bond donors (Lipinski definition) is 1. The van der Waals surface area contributed by atoms with Crippen LogP contribution in [-0.2, 0) is 6.54 Å². The van der Waals surface area contributed by atoms with Crippen LogP contribution in [-0.4, -0.2) is 29.0 Å². The van der Waals surface area contributed by atoms with E-state index >= 15 is 0 Å². The Morgan fingerprint density at radius 3 is 2.28 bits per heavy atom. The van der Waals surface area contributed by atoms with E-state index in [-0.39, 0.29) is 18.1 Å². The van der Waals surface area contributed by atoms with E-state index in [0.29, 0.717) is 22.7 Å². The molecule has 1 N–H and O–H groups in total. The number of methoxy groups -OCH3 is 2. The van der Waals surface area contributed by atoms with Crippen molar-refractivity contribution in [3.05, 3.63) is 69.1 Å². The monoisotopic (exact) mass is 402 g/mol. The second-order valence-corrected chi connectivity index (χ2v) is 6.41. The van der Waals surface area contributed by atoms with E-state index in [1.807, 2.05) is 6.92 Å². The zero-order chi connectivity index (χ0) is 21.1. The van der Waals surface area contributed by atoms with E-state index in [1.54, 1.807) is 12.1 Å². The Morgan fingerprint density at radius 2 is 1.66 bits per heavy atom. The summed E-state index contributed by atoms with van der Waals surface area (Å²) < 4.78 is 39.7. The van der Waals surface area contributed by atoms with E-state index in [0.717, 1.165) is 11.8 Å². The molecule has 0 radical (unpaired) electrons. The van der Waals surface area contributed by atoms with Crippen molar-refractivity contribution in [2.75, 3.05) is 19.5 Å². The number of aryl methyl sites for hydroxylation is 1. The number of nitrogens with zero attached hydrogens (tertiary/aromatic N) is 3. The highest BCUT2D eigenvalue weighted by Gasteiger charge is 2.13. The Morgan fingerprint density at radius 1 is 1.03 bits per heavy atom. The molecule has 152 valence electrons. The van der Waals surface area contributed by atoms with Crippen molar-refractivity contribution in [3.8, 4) is 11.5 Å². The van der Waals surface area contributed by atoms with E-state index < -0.39 is 17.2 Å². The smallest absolute Gasteiger partial charge is 0.293 e. The van der Waals surface area contributed by atoms with Crippen LogP contribution < -0.4 is 20.3 Å². The van der Waals surface area contributed by atoms with Crippen molar-refractivity contribution in [1.82, 2.24) is 14.8 Å². The maximum Gasteiger partial charge on any atom is 0.293 e. The minimum atomic E-state index is -0.653. The molecule has 3 rings (SSSR count). The molecule has 0 aliphatic heterocycles. The molecule has 0 atom stereocenters. The van der Waals surface area contributed by atoms with Gasteiger partial charge in [0.15, 0.2) is 11.5 Å². The number of hydrogen-bond acceptors (Lipinski definition) is 6. The average molecular weight is 402 g/mol. The Labute approximate surface area is 165 Å². The Bertz CT molecular complexity index is 1090. The van der Waals surface area contributed by atoms with E-state index in [9.17, 15) is 13.6 Å².